The second kappa shape index (κ2) is 7.25. The number of nitrogens with zero attached hydrogens (tertiary/aromatic N) is 2. The second-order valence-electron chi connectivity index (χ2n) is 6.16. The number of ether oxygens (including phenoxy) is 1. The summed E-state index contributed by atoms with van der Waals surface area (Å²) in [5.74, 6) is 0.856. The third-order valence-electron chi connectivity index (χ3n) is 4.51. The number of hydrogen-bond acceptors (Lipinski definition) is 4. The highest BCUT2D eigenvalue weighted by atomic mass is 16.5. The van der Waals surface area contributed by atoms with Crippen molar-refractivity contribution in [3.8, 4) is 5.75 Å². The van der Waals surface area contributed by atoms with E-state index in [-0.39, 0.29) is 6.61 Å². The molecule has 2 aliphatic rings. The van der Waals surface area contributed by atoms with Crippen molar-refractivity contribution in [2.75, 3.05) is 39.4 Å². The van der Waals surface area contributed by atoms with Crippen molar-refractivity contribution in [3.05, 3.63) is 29.8 Å². The number of likely N-dealkylation sites (tertiary alicyclic amines) is 2. The molecule has 2 saturated heterocycles. The Bertz CT molecular complexity index is 440. The van der Waals surface area contributed by atoms with Crippen LogP contribution in [0.15, 0.2) is 24.3 Å². The lowest BCUT2D eigenvalue weighted by Crippen LogP contribution is -2.59. The number of rotatable bonds is 6. The maximum atomic E-state index is 8.80. The molecule has 2 aliphatic heterocycles. The molecule has 0 bridgehead atoms. The quantitative estimate of drug-likeness (QED) is 0.865. The van der Waals surface area contributed by atoms with E-state index >= 15 is 0 Å². The van der Waals surface area contributed by atoms with Crippen LogP contribution < -0.4 is 4.74 Å². The SMILES string of the molecule is OCCOc1cccc(CN2CC(N3CCCCC3)C2)c1. The zero-order valence-electron chi connectivity index (χ0n) is 12.7. The predicted molar refractivity (Wildman–Crippen MR) is 83.5 cm³/mol. The highest BCUT2D eigenvalue weighted by molar-refractivity contribution is 5.28. The molecular formula is C17H26N2O2. The standard InChI is InChI=1S/C17H26N2O2/c20-9-10-21-17-6-4-5-15(11-17)12-18-13-16(14-18)19-7-2-1-3-8-19/h4-6,11,16,20H,1-3,7-10,12-14H2. The van der Waals surface area contributed by atoms with Crippen LogP contribution in [0.3, 0.4) is 0 Å². The predicted octanol–water partition coefficient (Wildman–Crippen LogP) is 1.73. The van der Waals surface area contributed by atoms with Crippen LogP contribution in [0, 0.1) is 0 Å². The lowest BCUT2D eigenvalue weighted by molar-refractivity contribution is 0.0185. The number of aliphatic hydroxyl groups is 1. The van der Waals surface area contributed by atoms with Crippen molar-refractivity contribution in [1.82, 2.24) is 9.80 Å². The Kier molecular flexibility index (Phi) is 5.12. The van der Waals surface area contributed by atoms with Gasteiger partial charge in [0.25, 0.3) is 0 Å². The van der Waals surface area contributed by atoms with Crippen molar-refractivity contribution in [3.63, 3.8) is 0 Å². The van der Waals surface area contributed by atoms with Gasteiger partial charge in [-0.05, 0) is 43.6 Å². The molecule has 1 N–H and O–H groups in total. The van der Waals surface area contributed by atoms with Crippen molar-refractivity contribution >= 4 is 0 Å². The first kappa shape index (κ1) is 14.8. The van der Waals surface area contributed by atoms with Crippen molar-refractivity contribution in [2.45, 2.75) is 31.8 Å². The summed E-state index contributed by atoms with van der Waals surface area (Å²) in [6.07, 6.45) is 4.16. The van der Waals surface area contributed by atoms with Gasteiger partial charge in [-0.2, -0.15) is 0 Å². The molecule has 0 saturated carbocycles. The Morgan fingerprint density at radius 3 is 2.71 bits per heavy atom. The van der Waals surface area contributed by atoms with Gasteiger partial charge in [0.1, 0.15) is 12.4 Å². The van der Waals surface area contributed by atoms with Gasteiger partial charge < -0.3 is 9.84 Å². The number of aliphatic hydroxyl groups excluding tert-OH is 1. The third-order valence-corrected chi connectivity index (χ3v) is 4.51. The summed E-state index contributed by atoms with van der Waals surface area (Å²) in [5, 5.41) is 8.80. The molecule has 21 heavy (non-hydrogen) atoms. The first-order chi connectivity index (χ1) is 10.3. The molecule has 116 valence electrons. The van der Waals surface area contributed by atoms with Crippen LogP contribution in [0.1, 0.15) is 24.8 Å². The zero-order valence-corrected chi connectivity index (χ0v) is 12.7. The molecule has 2 heterocycles. The first-order valence-electron chi connectivity index (χ1n) is 8.14. The minimum absolute atomic E-state index is 0.0634. The van der Waals surface area contributed by atoms with E-state index in [2.05, 4.69) is 21.9 Å². The van der Waals surface area contributed by atoms with Gasteiger partial charge in [0.05, 0.1) is 6.61 Å². The van der Waals surface area contributed by atoms with Crippen molar-refractivity contribution in [1.29, 1.82) is 0 Å². The average Bonchev–Trinajstić information content (AvgIpc) is 2.50. The van der Waals surface area contributed by atoms with Gasteiger partial charge in [-0.15, -0.1) is 0 Å². The van der Waals surface area contributed by atoms with Crippen LogP contribution in [-0.4, -0.2) is 60.3 Å². The Morgan fingerprint density at radius 2 is 1.95 bits per heavy atom. The summed E-state index contributed by atoms with van der Waals surface area (Å²) in [5.41, 5.74) is 1.29. The van der Waals surface area contributed by atoms with E-state index in [4.69, 9.17) is 9.84 Å². The monoisotopic (exact) mass is 290 g/mol. The number of hydrogen-bond donors (Lipinski definition) is 1. The van der Waals surface area contributed by atoms with Crippen molar-refractivity contribution in [2.24, 2.45) is 0 Å². The summed E-state index contributed by atoms with van der Waals surface area (Å²) in [6.45, 7) is 6.41. The fourth-order valence-electron chi connectivity index (χ4n) is 3.34. The smallest absolute Gasteiger partial charge is 0.119 e. The van der Waals surface area contributed by atoms with Crippen LogP contribution in [0.5, 0.6) is 5.75 Å². The number of benzene rings is 1. The van der Waals surface area contributed by atoms with Crippen LogP contribution >= 0.6 is 0 Å². The topological polar surface area (TPSA) is 35.9 Å². The van der Waals surface area contributed by atoms with Crippen LogP contribution in [0.4, 0.5) is 0 Å². The molecule has 1 aromatic rings. The lowest BCUT2D eigenvalue weighted by Gasteiger charge is -2.46. The van der Waals surface area contributed by atoms with E-state index in [1.165, 1.54) is 51.0 Å². The van der Waals surface area contributed by atoms with Crippen LogP contribution in [0.2, 0.25) is 0 Å². The van der Waals surface area contributed by atoms with E-state index in [9.17, 15) is 0 Å². The van der Waals surface area contributed by atoms with Crippen molar-refractivity contribution < 1.29 is 9.84 Å². The Hall–Kier alpha value is -1.10. The molecule has 4 heteroatoms. The highest BCUT2D eigenvalue weighted by Crippen LogP contribution is 2.22. The Labute approximate surface area is 127 Å². The Morgan fingerprint density at radius 1 is 1.14 bits per heavy atom. The van der Waals surface area contributed by atoms with Gasteiger partial charge >= 0.3 is 0 Å². The lowest BCUT2D eigenvalue weighted by atomic mass is 10.0. The van der Waals surface area contributed by atoms with Gasteiger partial charge in [-0.1, -0.05) is 18.6 Å². The molecule has 0 atom stereocenters. The Balaban J connectivity index is 1.45. The maximum absolute atomic E-state index is 8.80. The minimum atomic E-state index is 0.0634. The molecular weight excluding hydrogens is 264 g/mol. The summed E-state index contributed by atoms with van der Waals surface area (Å²) < 4.78 is 5.47. The second-order valence-corrected chi connectivity index (χ2v) is 6.16. The van der Waals surface area contributed by atoms with E-state index in [1.807, 2.05) is 12.1 Å². The highest BCUT2D eigenvalue weighted by Gasteiger charge is 2.31. The summed E-state index contributed by atoms with van der Waals surface area (Å²) in [6, 6.07) is 9.00. The minimum Gasteiger partial charge on any atom is -0.491 e. The van der Waals surface area contributed by atoms with E-state index in [1.54, 1.807) is 0 Å². The summed E-state index contributed by atoms with van der Waals surface area (Å²) >= 11 is 0. The van der Waals surface area contributed by atoms with E-state index < -0.39 is 0 Å². The molecule has 2 fully saturated rings. The average molecular weight is 290 g/mol. The van der Waals surface area contributed by atoms with Crippen LogP contribution in [0.25, 0.3) is 0 Å². The first-order valence-corrected chi connectivity index (χ1v) is 8.14. The molecule has 4 nitrogen and oxygen atoms in total. The normalized spacial score (nSPS) is 21.2. The molecule has 1 aromatic carbocycles. The molecule has 0 spiro atoms. The van der Waals surface area contributed by atoms with Gasteiger partial charge in [-0.25, -0.2) is 0 Å². The molecule has 3 rings (SSSR count). The van der Waals surface area contributed by atoms with E-state index in [0.29, 0.717) is 6.61 Å². The van der Waals surface area contributed by atoms with E-state index in [0.717, 1.165) is 18.3 Å². The summed E-state index contributed by atoms with van der Waals surface area (Å²) in [4.78, 5) is 5.17. The molecule has 0 amide bonds. The zero-order chi connectivity index (χ0) is 14.5. The van der Waals surface area contributed by atoms with Crippen LogP contribution in [-0.2, 0) is 6.54 Å². The summed E-state index contributed by atoms with van der Waals surface area (Å²) in [7, 11) is 0. The van der Waals surface area contributed by atoms with Gasteiger partial charge in [-0.3, -0.25) is 9.80 Å². The number of piperidine rings is 1. The van der Waals surface area contributed by atoms with Gasteiger partial charge in [0, 0.05) is 25.7 Å². The molecule has 0 aliphatic carbocycles. The molecule has 0 radical (unpaired) electrons. The van der Waals surface area contributed by atoms with Gasteiger partial charge in [0.15, 0.2) is 0 Å². The largest absolute Gasteiger partial charge is 0.491 e. The van der Waals surface area contributed by atoms with Gasteiger partial charge in [0.2, 0.25) is 0 Å². The molecule has 0 unspecified atom stereocenters. The third kappa shape index (κ3) is 3.96. The maximum Gasteiger partial charge on any atom is 0.119 e. The molecule has 0 aromatic heterocycles. The fourth-order valence-corrected chi connectivity index (χ4v) is 3.34. The fraction of sp³-hybridized carbons (Fsp3) is 0.647.